The van der Waals surface area contributed by atoms with Crippen LogP contribution in [0.15, 0.2) is 24.3 Å². The zero-order valence-corrected chi connectivity index (χ0v) is 10.5. The zero-order chi connectivity index (χ0) is 13.8. The van der Waals surface area contributed by atoms with Crippen molar-refractivity contribution in [3.8, 4) is 5.75 Å². The van der Waals surface area contributed by atoms with Crippen molar-refractivity contribution in [3.63, 3.8) is 0 Å². The number of hydrogen-bond donors (Lipinski definition) is 3. The largest absolute Gasteiger partial charge is 0.508 e. The van der Waals surface area contributed by atoms with Gasteiger partial charge in [0.25, 0.3) is 0 Å². The number of carbonyl (C=O) groups is 2. The number of phenols is 1. The molecule has 0 aliphatic heterocycles. The quantitative estimate of drug-likeness (QED) is 0.730. The maximum atomic E-state index is 12.1. The average molecular weight is 263 g/mol. The van der Waals surface area contributed by atoms with Gasteiger partial charge in [-0.3, -0.25) is 9.59 Å². The third-order valence-corrected chi connectivity index (χ3v) is 3.55. The SMILES string of the molecule is O=C(O)[C@H]1CCCC[C@H]1C(=O)Nc1ccc(O)cc1. The lowest BCUT2D eigenvalue weighted by Crippen LogP contribution is -2.36. The van der Waals surface area contributed by atoms with E-state index in [1.165, 1.54) is 12.1 Å². The van der Waals surface area contributed by atoms with Gasteiger partial charge in [0, 0.05) is 5.69 Å². The first-order valence-electron chi connectivity index (χ1n) is 6.40. The summed E-state index contributed by atoms with van der Waals surface area (Å²) in [5.74, 6) is -2.09. The van der Waals surface area contributed by atoms with Crippen LogP contribution in [0.2, 0.25) is 0 Å². The van der Waals surface area contributed by atoms with Crippen LogP contribution in [0, 0.1) is 11.8 Å². The highest BCUT2D eigenvalue weighted by molar-refractivity contribution is 5.95. The minimum atomic E-state index is -0.898. The summed E-state index contributed by atoms with van der Waals surface area (Å²) in [6.45, 7) is 0. The number of carbonyl (C=O) groups excluding carboxylic acids is 1. The van der Waals surface area contributed by atoms with E-state index in [1.807, 2.05) is 0 Å². The van der Waals surface area contributed by atoms with Crippen molar-refractivity contribution in [1.29, 1.82) is 0 Å². The van der Waals surface area contributed by atoms with Gasteiger partial charge in [0.1, 0.15) is 5.75 Å². The molecule has 1 aliphatic rings. The molecule has 5 nitrogen and oxygen atoms in total. The molecule has 0 unspecified atom stereocenters. The molecule has 0 radical (unpaired) electrons. The predicted octanol–water partition coefficient (Wildman–Crippen LogP) is 2.22. The van der Waals surface area contributed by atoms with Crippen molar-refractivity contribution >= 4 is 17.6 Å². The molecule has 1 amide bonds. The van der Waals surface area contributed by atoms with Crippen LogP contribution in [0.4, 0.5) is 5.69 Å². The number of rotatable bonds is 3. The Morgan fingerprint density at radius 3 is 2.21 bits per heavy atom. The zero-order valence-electron chi connectivity index (χ0n) is 10.5. The standard InChI is InChI=1S/C14H17NO4/c16-10-7-5-9(6-8-10)15-13(17)11-3-1-2-4-12(11)14(18)19/h5-8,11-12,16H,1-4H2,(H,15,17)(H,18,19)/t11-,12+/m1/s1. The van der Waals surface area contributed by atoms with Gasteiger partial charge in [0.15, 0.2) is 0 Å². The predicted molar refractivity (Wildman–Crippen MR) is 69.8 cm³/mol. The molecule has 2 atom stereocenters. The number of carboxylic acids is 1. The third kappa shape index (κ3) is 3.24. The number of hydrogen-bond acceptors (Lipinski definition) is 3. The number of amides is 1. The fraction of sp³-hybridized carbons (Fsp3) is 0.429. The van der Waals surface area contributed by atoms with Gasteiger partial charge in [-0.2, -0.15) is 0 Å². The van der Waals surface area contributed by atoms with Gasteiger partial charge in [-0.15, -0.1) is 0 Å². The van der Waals surface area contributed by atoms with E-state index in [0.29, 0.717) is 18.5 Å². The summed E-state index contributed by atoms with van der Waals surface area (Å²) in [6, 6.07) is 6.13. The van der Waals surface area contributed by atoms with E-state index in [4.69, 9.17) is 10.2 Å². The summed E-state index contributed by atoms with van der Waals surface area (Å²) in [5.41, 5.74) is 0.567. The van der Waals surface area contributed by atoms with Crippen LogP contribution in [-0.2, 0) is 9.59 Å². The second-order valence-corrected chi connectivity index (χ2v) is 4.87. The summed E-state index contributed by atoms with van der Waals surface area (Å²) < 4.78 is 0. The van der Waals surface area contributed by atoms with Crippen LogP contribution in [0.1, 0.15) is 25.7 Å². The van der Waals surface area contributed by atoms with Crippen molar-refractivity contribution in [2.24, 2.45) is 11.8 Å². The summed E-state index contributed by atoms with van der Waals surface area (Å²) in [7, 11) is 0. The Bertz CT molecular complexity index is 469. The Kier molecular flexibility index (Phi) is 4.04. The van der Waals surface area contributed by atoms with E-state index in [1.54, 1.807) is 12.1 Å². The van der Waals surface area contributed by atoms with E-state index in [2.05, 4.69) is 5.32 Å². The first-order chi connectivity index (χ1) is 9.08. The Morgan fingerprint density at radius 1 is 1.05 bits per heavy atom. The van der Waals surface area contributed by atoms with Gasteiger partial charge in [0.2, 0.25) is 5.91 Å². The number of aromatic hydroxyl groups is 1. The van der Waals surface area contributed by atoms with Crippen molar-refractivity contribution in [3.05, 3.63) is 24.3 Å². The molecule has 19 heavy (non-hydrogen) atoms. The molecule has 1 fully saturated rings. The molecule has 0 heterocycles. The van der Waals surface area contributed by atoms with E-state index in [-0.39, 0.29) is 11.7 Å². The van der Waals surface area contributed by atoms with Crippen LogP contribution >= 0.6 is 0 Å². The van der Waals surface area contributed by atoms with Crippen molar-refractivity contribution < 1.29 is 19.8 Å². The summed E-state index contributed by atoms with van der Waals surface area (Å²) in [5, 5.41) is 21.0. The molecule has 0 bridgehead atoms. The topological polar surface area (TPSA) is 86.6 Å². The highest BCUT2D eigenvalue weighted by Gasteiger charge is 2.35. The molecule has 5 heteroatoms. The normalized spacial score (nSPS) is 22.7. The molecule has 0 spiro atoms. The van der Waals surface area contributed by atoms with E-state index >= 15 is 0 Å². The Hall–Kier alpha value is -2.04. The second-order valence-electron chi connectivity index (χ2n) is 4.87. The molecule has 102 valence electrons. The molecule has 2 rings (SSSR count). The van der Waals surface area contributed by atoms with Gasteiger partial charge >= 0.3 is 5.97 Å². The smallest absolute Gasteiger partial charge is 0.307 e. The van der Waals surface area contributed by atoms with E-state index in [0.717, 1.165) is 12.8 Å². The van der Waals surface area contributed by atoms with Crippen molar-refractivity contribution in [2.75, 3.05) is 5.32 Å². The molecule has 1 aromatic rings. The third-order valence-electron chi connectivity index (χ3n) is 3.55. The lowest BCUT2D eigenvalue weighted by molar-refractivity contribution is -0.147. The molecule has 0 aromatic heterocycles. The number of benzene rings is 1. The number of aliphatic carboxylic acids is 1. The van der Waals surface area contributed by atoms with E-state index in [9.17, 15) is 9.59 Å². The minimum absolute atomic E-state index is 0.124. The minimum Gasteiger partial charge on any atom is -0.508 e. The van der Waals surface area contributed by atoms with Gasteiger partial charge in [-0.25, -0.2) is 0 Å². The lowest BCUT2D eigenvalue weighted by atomic mass is 9.78. The van der Waals surface area contributed by atoms with Gasteiger partial charge in [-0.1, -0.05) is 12.8 Å². The Labute approximate surface area is 111 Å². The molecule has 1 saturated carbocycles. The molecular formula is C14H17NO4. The van der Waals surface area contributed by atoms with Crippen LogP contribution in [-0.4, -0.2) is 22.1 Å². The summed E-state index contributed by atoms with van der Waals surface area (Å²) in [4.78, 5) is 23.3. The highest BCUT2D eigenvalue weighted by Crippen LogP contribution is 2.31. The van der Waals surface area contributed by atoms with Crippen LogP contribution in [0.5, 0.6) is 5.75 Å². The van der Waals surface area contributed by atoms with Gasteiger partial charge in [0.05, 0.1) is 11.8 Å². The maximum Gasteiger partial charge on any atom is 0.307 e. The van der Waals surface area contributed by atoms with Crippen molar-refractivity contribution in [2.45, 2.75) is 25.7 Å². The molecule has 3 N–H and O–H groups in total. The number of nitrogens with one attached hydrogen (secondary N) is 1. The fourth-order valence-electron chi connectivity index (χ4n) is 2.52. The number of anilines is 1. The first-order valence-corrected chi connectivity index (χ1v) is 6.40. The fourth-order valence-corrected chi connectivity index (χ4v) is 2.52. The van der Waals surface area contributed by atoms with Gasteiger partial charge in [-0.05, 0) is 37.1 Å². The molecular weight excluding hydrogens is 246 g/mol. The van der Waals surface area contributed by atoms with Crippen molar-refractivity contribution in [1.82, 2.24) is 0 Å². The maximum absolute atomic E-state index is 12.1. The molecule has 1 aliphatic carbocycles. The lowest BCUT2D eigenvalue weighted by Gasteiger charge is -2.27. The number of phenolic OH excluding ortho intramolecular Hbond substituents is 1. The van der Waals surface area contributed by atoms with Crippen LogP contribution < -0.4 is 5.32 Å². The Morgan fingerprint density at radius 2 is 1.63 bits per heavy atom. The van der Waals surface area contributed by atoms with Crippen LogP contribution in [0.25, 0.3) is 0 Å². The average Bonchev–Trinajstić information content (AvgIpc) is 2.41. The first kappa shape index (κ1) is 13.4. The number of carboxylic acid groups (broad SMARTS) is 1. The summed E-state index contributed by atoms with van der Waals surface area (Å²) in [6.07, 6.45) is 2.92. The summed E-state index contributed by atoms with van der Waals surface area (Å²) >= 11 is 0. The highest BCUT2D eigenvalue weighted by atomic mass is 16.4. The molecule has 0 saturated heterocycles. The second kappa shape index (κ2) is 5.73. The van der Waals surface area contributed by atoms with E-state index < -0.39 is 17.8 Å². The van der Waals surface area contributed by atoms with Gasteiger partial charge < -0.3 is 15.5 Å². The molecule has 1 aromatic carbocycles. The Balaban J connectivity index is 2.05. The van der Waals surface area contributed by atoms with Crippen LogP contribution in [0.3, 0.4) is 0 Å². The monoisotopic (exact) mass is 263 g/mol.